The van der Waals surface area contributed by atoms with Crippen LogP contribution in [0.3, 0.4) is 0 Å². The van der Waals surface area contributed by atoms with Gasteiger partial charge in [-0.25, -0.2) is 0 Å². The van der Waals surface area contributed by atoms with E-state index in [1.165, 1.54) is 103 Å². The molecule has 1 N–H and O–H groups in total. The number of ether oxygens (including phenoxy) is 1. The lowest BCUT2D eigenvalue weighted by Gasteiger charge is -2.23. The van der Waals surface area contributed by atoms with Gasteiger partial charge in [-0.2, -0.15) is 0 Å². The second kappa shape index (κ2) is 23.5. The van der Waals surface area contributed by atoms with E-state index in [-0.39, 0.29) is 0 Å². The zero-order valence-electron chi connectivity index (χ0n) is 20.1. The van der Waals surface area contributed by atoms with E-state index in [1.807, 2.05) is 0 Å². The first kappa shape index (κ1) is 30.4. The van der Waals surface area contributed by atoms with Gasteiger partial charge in [-0.3, -0.25) is 0 Å². The molecule has 0 saturated heterocycles. The molecule has 5 nitrogen and oxygen atoms in total. The number of quaternary nitrogens is 1. The first-order valence-corrected chi connectivity index (χ1v) is 12.1. The molecule has 0 aromatic carbocycles. The largest absolute Gasteiger partial charge is 0.565 e. The van der Waals surface area contributed by atoms with Gasteiger partial charge in [-0.05, 0) is 6.42 Å². The molecule has 0 unspecified atom stereocenters. The normalized spacial score (nSPS) is 11.2. The van der Waals surface area contributed by atoms with E-state index in [0.717, 1.165) is 24.2 Å². The van der Waals surface area contributed by atoms with Gasteiger partial charge in [0.2, 0.25) is 6.16 Å². The summed E-state index contributed by atoms with van der Waals surface area (Å²) in [5.74, 6) is 0. The highest BCUT2D eigenvalue weighted by molar-refractivity contribution is 5.50. The Bertz CT molecular complexity index is 325. The Kier molecular flexibility index (Phi) is 24.6. The van der Waals surface area contributed by atoms with E-state index >= 15 is 0 Å². The van der Waals surface area contributed by atoms with Crippen LogP contribution in [0.1, 0.15) is 110 Å². The van der Waals surface area contributed by atoms with Crippen LogP contribution < -0.4 is 5.11 Å². The number of carboxylic acid groups (broad SMARTS) is 2. The molecular weight excluding hydrogens is 366 g/mol. The summed E-state index contributed by atoms with van der Waals surface area (Å²) in [6.07, 6.45) is 20.8. The zero-order chi connectivity index (χ0) is 22.2. The summed E-state index contributed by atoms with van der Waals surface area (Å²) in [7, 11) is 6.66. The van der Waals surface area contributed by atoms with E-state index in [9.17, 15) is 0 Å². The maximum absolute atomic E-state index is 8.44. The van der Waals surface area contributed by atoms with Gasteiger partial charge in [0.05, 0.1) is 27.7 Å². The van der Waals surface area contributed by atoms with Crippen LogP contribution in [0.25, 0.3) is 0 Å². The standard InChI is InChI=1S/C23H50NO.CH2O3/c1-5-6-7-8-9-10-11-12-13-14-15-16-17-18-19-20-22-25-23-21-24(2,3)4;2-1(3)4/h5-23H2,1-4H3;(H2,2,3,4)/q+1;/p-1. The van der Waals surface area contributed by atoms with Crippen LogP contribution in [0, 0.1) is 0 Å². The van der Waals surface area contributed by atoms with Gasteiger partial charge >= 0.3 is 0 Å². The highest BCUT2D eigenvalue weighted by atomic mass is 16.6. The van der Waals surface area contributed by atoms with Crippen LogP contribution >= 0.6 is 0 Å². The fourth-order valence-corrected chi connectivity index (χ4v) is 3.19. The molecule has 0 aliphatic rings. The van der Waals surface area contributed by atoms with E-state index in [2.05, 4.69) is 28.1 Å². The molecule has 0 bridgehead atoms. The Morgan fingerprint density at radius 3 is 1.31 bits per heavy atom. The Morgan fingerprint density at radius 1 is 0.690 bits per heavy atom. The molecule has 0 aliphatic carbocycles. The molecule has 5 heteroatoms. The molecule has 176 valence electrons. The highest BCUT2D eigenvalue weighted by Crippen LogP contribution is 2.13. The topological polar surface area (TPSA) is 69.6 Å². The monoisotopic (exact) mass is 417 g/mol. The smallest absolute Gasteiger partial charge is 0.249 e. The van der Waals surface area contributed by atoms with Crippen molar-refractivity contribution in [2.45, 2.75) is 110 Å². The molecule has 0 radical (unpaired) electrons. The summed E-state index contributed by atoms with van der Waals surface area (Å²) >= 11 is 0. The van der Waals surface area contributed by atoms with Crippen LogP contribution in [0.4, 0.5) is 4.79 Å². The number of nitrogens with zero attached hydrogens (tertiary/aromatic N) is 1. The highest BCUT2D eigenvalue weighted by Gasteiger charge is 2.05. The molecule has 0 aromatic rings. The Morgan fingerprint density at radius 2 is 1.00 bits per heavy atom. The van der Waals surface area contributed by atoms with Crippen LogP contribution in [-0.2, 0) is 4.74 Å². The molecule has 0 aliphatic heterocycles. The Hall–Kier alpha value is -0.810. The predicted molar refractivity (Wildman–Crippen MR) is 121 cm³/mol. The number of hydrogen-bond acceptors (Lipinski definition) is 3. The van der Waals surface area contributed by atoms with Crippen molar-refractivity contribution < 1.29 is 24.2 Å². The molecule has 0 atom stereocenters. The van der Waals surface area contributed by atoms with Crippen LogP contribution in [0.2, 0.25) is 0 Å². The van der Waals surface area contributed by atoms with Crippen LogP contribution in [0.5, 0.6) is 0 Å². The minimum atomic E-state index is -2.08. The Balaban J connectivity index is 0. The molecule has 0 fully saturated rings. The lowest BCUT2D eigenvalue weighted by molar-refractivity contribution is -0.870. The number of rotatable bonds is 20. The molecule has 0 rings (SSSR count). The number of hydrogen-bond donors (Lipinski definition) is 1. The molecule has 29 heavy (non-hydrogen) atoms. The van der Waals surface area contributed by atoms with Gasteiger partial charge in [-0.1, -0.05) is 103 Å². The van der Waals surface area contributed by atoms with Crippen molar-refractivity contribution in [3.05, 3.63) is 0 Å². The average Bonchev–Trinajstić information content (AvgIpc) is 2.62. The second-order valence-corrected chi connectivity index (χ2v) is 9.20. The summed E-state index contributed by atoms with van der Waals surface area (Å²) in [5, 5.41) is 15.3. The third-order valence-electron chi connectivity index (χ3n) is 5.05. The van der Waals surface area contributed by atoms with Gasteiger partial charge in [0.25, 0.3) is 0 Å². The zero-order valence-corrected chi connectivity index (χ0v) is 20.1. The number of carbonyl (C=O) groups is 1. The van der Waals surface area contributed by atoms with Gasteiger partial charge < -0.3 is 24.2 Å². The van der Waals surface area contributed by atoms with E-state index < -0.39 is 6.16 Å². The summed E-state index contributed by atoms with van der Waals surface area (Å²) in [5.41, 5.74) is 0. The van der Waals surface area contributed by atoms with Crippen LogP contribution in [-0.4, -0.2) is 56.6 Å². The molecule has 0 spiro atoms. The molecule has 0 heterocycles. The first-order valence-electron chi connectivity index (χ1n) is 12.1. The van der Waals surface area contributed by atoms with Crippen LogP contribution in [0.15, 0.2) is 0 Å². The minimum absolute atomic E-state index is 0.905. The van der Waals surface area contributed by atoms with Gasteiger partial charge in [0.15, 0.2) is 0 Å². The second-order valence-electron chi connectivity index (χ2n) is 9.20. The number of likely N-dealkylation sites (N-methyl/N-ethyl adjacent to an activating group) is 1. The van der Waals surface area contributed by atoms with Crippen molar-refractivity contribution in [1.82, 2.24) is 0 Å². The lowest BCUT2D eigenvalue weighted by atomic mass is 10.0. The van der Waals surface area contributed by atoms with E-state index in [1.54, 1.807) is 0 Å². The third-order valence-corrected chi connectivity index (χ3v) is 5.05. The van der Waals surface area contributed by atoms with Crippen molar-refractivity contribution in [1.29, 1.82) is 0 Å². The summed E-state index contributed by atoms with van der Waals surface area (Å²) < 4.78 is 6.71. The average molecular weight is 418 g/mol. The quantitative estimate of drug-likeness (QED) is 0.199. The number of unbranched alkanes of at least 4 members (excludes halogenated alkanes) is 15. The summed E-state index contributed by atoms with van der Waals surface area (Å²) in [6.45, 7) is 5.27. The Labute approximate surface area is 181 Å². The summed E-state index contributed by atoms with van der Waals surface area (Å²) in [4.78, 5) is 8.44. The van der Waals surface area contributed by atoms with E-state index in [4.69, 9.17) is 19.7 Å². The molecule has 0 aromatic heterocycles. The van der Waals surface area contributed by atoms with E-state index in [0.29, 0.717) is 0 Å². The van der Waals surface area contributed by atoms with Crippen molar-refractivity contribution in [2.75, 3.05) is 40.9 Å². The summed E-state index contributed by atoms with van der Waals surface area (Å²) in [6, 6.07) is 0. The molecule has 0 saturated carbocycles. The van der Waals surface area contributed by atoms with Crippen molar-refractivity contribution in [3.63, 3.8) is 0 Å². The van der Waals surface area contributed by atoms with Crippen molar-refractivity contribution in [2.24, 2.45) is 0 Å². The van der Waals surface area contributed by atoms with Crippen molar-refractivity contribution in [3.8, 4) is 0 Å². The maximum Gasteiger partial charge on any atom is 0.249 e. The van der Waals surface area contributed by atoms with Gasteiger partial charge in [0.1, 0.15) is 6.54 Å². The van der Waals surface area contributed by atoms with Crippen molar-refractivity contribution >= 4 is 6.16 Å². The third kappa shape index (κ3) is 38.4. The van der Waals surface area contributed by atoms with Gasteiger partial charge in [0, 0.05) is 6.61 Å². The fourth-order valence-electron chi connectivity index (χ4n) is 3.19. The maximum atomic E-state index is 8.44. The SMILES string of the molecule is CCCCCCCCCCCCCCCCCCOCC[N+](C)(C)C.O=C([O-])O. The van der Waals surface area contributed by atoms with Gasteiger partial charge in [-0.15, -0.1) is 0 Å². The lowest BCUT2D eigenvalue weighted by Crippen LogP contribution is -2.37. The predicted octanol–water partition coefficient (Wildman–Crippen LogP) is 5.86. The fraction of sp³-hybridized carbons (Fsp3) is 0.958. The molecular formula is C24H51NO4. The molecule has 0 amide bonds. The minimum Gasteiger partial charge on any atom is -0.565 e. The first-order chi connectivity index (χ1) is 13.8.